The smallest absolute Gasteiger partial charge is 0.316 e. The van der Waals surface area contributed by atoms with Crippen LogP contribution in [0.2, 0.25) is 0 Å². The minimum atomic E-state index is -0.773. The highest BCUT2D eigenvalue weighted by atomic mass is 16.5. The van der Waals surface area contributed by atoms with Crippen molar-refractivity contribution < 1.29 is 14.3 Å². The Balaban J connectivity index is 4.17. The van der Waals surface area contributed by atoms with Crippen LogP contribution in [-0.2, 0) is 14.3 Å². The molecule has 0 heterocycles. The number of unbranched alkanes of at least 4 members (excludes halogenated alkanes) is 1. The molecule has 100 valence electrons. The van der Waals surface area contributed by atoms with E-state index in [0.717, 1.165) is 19.3 Å². The van der Waals surface area contributed by atoms with Gasteiger partial charge in [-0.1, -0.05) is 19.1 Å². The van der Waals surface area contributed by atoms with E-state index in [0.29, 0.717) is 6.42 Å². The van der Waals surface area contributed by atoms with E-state index >= 15 is 0 Å². The van der Waals surface area contributed by atoms with E-state index in [-0.39, 0.29) is 18.6 Å². The molecule has 0 aliphatic heterocycles. The van der Waals surface area contributed by atoms with Crippen LogP contribution in [0, 0.1) is 17.2 Å². The van der Waals surface area contributed by atoms with Gasteiger partial charge < -0.3 is 4.74 Å². The van der Waals surface area contributed by atoms with Gasteiger partial charge in [0.25, 0.3) is 0 Å². The lowest BCUT2D eigenvalue weighted by atomic mass is 9.95. The van der Waals surface area contributed by atoms with Gasteiger partial charge in [-0.25, -0.2) is 0 Å². The Morgan fingerprint density at radius 1 is 1.39 bits per heavy atom. The number of ether oxygens (including phenoxy) is 1. The third kappa shape index (κ3) is 6.85. The molecule has 0 bridgehead atoms. The van der Waals surface area contributed by atoms with Gasteiger partial charge in [-0.15, -0.1) is 0 Å². The lowest BCUT2D eigenvalue weighted by Crippen LogP contribution is -2.25. The highest BCUT2D eigenvalue weighted by Gasteiger charge is 2.26. The minimum absolute atomic E-state index is 0.123. The van der Waals surface area contributed by atoms with Crippen LogP contribution in [0.5, 0.6) is 0 Å². The maximum atomic E-state index is 11.8. The zero-order valence-corrected chi connectivity index (χ0v) is 11.1. The molecule has 0 aliphatic rings. The molecule has 0 aromatic rings. The van der Waals surface area contributed by atoms with Gasteiger partial charge in [0.15, 0.2) is 0 Å². The number of rotatable bonds is 9. The predicted octanol–water partition coefficient (Wildman–Crippen LogP) is 2.78. The molecule has 0 saturated heterocycles. The van der Waals surface area contributed by atoms with Crippen molar-refractivity contribution in [3.63, 3.8) is 0 Å². The number of ketones is 1. The summed E-state index contributed by atoms with van der Waals surface area (Å²) in [5.41, 5.74) is 0. The van der Waals surface area contributed by atoms with Crippen molar-refractivity contribution in [3.8, 4) is 6.07 Å². The van der Waals surface area contributed by atoms with Crippen LogP contribution in [0.3, 0.4) is 0 Å². The summed E-state index contributed by atoms with van der Waals surface area (Å²) in [7, 11) is 1.26. The lowest BCUT2D eigenvalue weighted by Gasteiger charge is -2.11. The maximum Gasteiger partial charge on any atom is 0.316 e. The molecule has 0 aromatic heterocycles. The molecule has 0 aromatic carbocycles. The monoisotopic (exact) mass is 251 g/mol. The number of carbonyl (C=O) groups excluding carboxylic acids is 2. The van der Waals surface area contributed by atoms with Crippen LogP contribution in [-0.4, -0.2) is 18.9 Å². The summed E-state index contributed by atoms with van der Waals surface area (Å²) in [6.07, 6.45) is 7.46. The molecular formula is C14H21NO3. The fourth-order valence-electron chi connectivity index (χ4n) is 1.61. The Kier molecular flexibility index (Phi) is 9.57. The first-order valence-corrected chi connectivity index (χ1v) is 6.29. The van der Waals surface area contributed by atoms with Crippen molar-refractivity contribution in [1.82, 2.24) is 0 Å². The van der Waals surface area contributed by atoms with Gasteiger partial charge in [0.1, 0.15) is 11.7 Å². The summed E-state index contributed by atoms with van der Waals surface area (Å²) >= 11 is 0. The summed E-state index contributed by atoms with van der Waals surface area (Å²) in [6, 6.07) is 1.94. The van der Waals surface area contributed by atoms with Crippen molar-refractivity contribution in [3.05, 3.63) is 12.2 Å². The lowest BCUT2D eigenvalue weighted by molar-refractivity contribution is -0.149. The summed E-state index contributed by atoms with van der Waals surface area (Å²) in [6.45, 7) is 2.05. The second kappa shape index (κ2) is 10.5. The Bertz CT molecular complexity index is 328. The van der Waals surface area contributed by atoms with Gasteiger partial charge in [0.05, 0.1) is 13.2 Å². The Morgan fingerprint density at radius 2 is 2.11 bits per heavy atom. The number of methoxy groups -OCH3 is 1. The number of allylic oxidation sites excluding steroid dienone is 2. The third-order valence-corrected chi connectivity index (χ3v) is 2.62. The number of carbonyl (C=O) groups is 2. The fourth-order valence-corrected chi connectivity index (χ4v) is 1.61. The molecule has 0 amide bonds. The molecule has 0 rings (SSSR count). The van der Waals surface area contributed by atoms with E-state index in [1.54, 1.807) is 0 Å². The molecule has 0 fully saturated rings. The van der Waals surface area contributed by atoms with E-state index in [2.05, 4.69) is 17.7 Å². The Labute approximate surface area is 109 Å². The number of esters is 1. The van der Waals surface area contributed by atoms with Crippen molar-refractivity contribution >= 4 is 11.8 Å². The SMILES string of the molecule is CC/C=C\CCCC(=O)C(CCC#N)C(=O)OC. The average molecular weight is 251 g/mol. The summed E-state index contributed by atoms with van der Waals surface area (Å²) in [5, 5.41) is 8.50. The first kappa shape index (κ1) is 16.4. The van der Waals surface area contributed by atoms with Crippen LogP contribution in [0.4, 0.5) is 0 Å². The van der Waals surface area contributed by atoms with Gasteiger partial charge in [-0.2, -0.15) is 5.26 Å². The highest BCUT2D eigenvalue weighted by Crippen LogP contribution is 2.14. The summed E-state index contributed by atoms with van der Waals surface area (Å²) < 4.78 is 4.59. The van der Waals surface area contributed by atoms with E-state index in [1.165, 1.54) is 7.11 Å². The van der Waals surface area contributed by atoms with E-state index < -0.39 is 11.9 Å². The molecule has 0 radical (unpaired) electrons. The van der Waals surface area contributed by atoms with E-state index in [9.17, 15) is 9.59 Å². The van der Waals surface area contributed by atoms with Crippen LogP contribution in [0.25, 0.3) is 0 Å². The van der Waals surface area contributed by atoms with Crippen LogP contribution in [0.15, 0.2) is 12.2 Å². The van der Waals surface area contributed by atoms with Crippen LogP contribution < -0.4 is 0 Å². The zero-order valence-electron chi connectivity index (χ0n) is 11.1. The quantitative estimate of drug-likeness (QED) is 0.273. The first-order valence-electron chi connectivity index (χ1n) is 6.29. The van der Waals surface area contributed by atoms with Crippen molar-refractivity contribution in [2.75, 3.05) is 7.11 Å². The summed E-state index contributed by atoms with van der Waals surface area (Å²) in [4.78, 5) is 23.3. The number of nitriles is 1. The van der Waals surface area contributed by atoms with Crippen molar-refractivity contribution in [1.29, 1.82) is 5.26 Å². The molecule has 18 heavy (non-hydrogen) atoms. The number of hydrogen-bond acceptors (Lipinski definition) is 4. The van der Waals surface area contributed by atoms with Gasteiger partial charge in [-0.3, -0.25) is 9.59 Å². The number of hydrogen-bond donors (Lipinski definition) is 0. The largest absolute Gasteiger partial charge is 0.468 e. The second-order valence-corrected chi connectivity index (χ2v) is 4.01. The van der Waals surface area contributed by atoms with Gasteiger partial charge in [-0.05, 0) is 25.7 Å². The zero-order chi connectivity index (χ0) is 13.8. The predicted molar refractivity (Wildman–Crippen MR) is 68.6 cm³/mol. The fraction of sp³-hybridized carbons (Fsp3) is 0.643. The standard InChI is InChI=1S/C14H21NO3/c1-3-4-5-6-7-10-13(16)12(9-8-11-15)14(17)18-2/h4-5,12H,3,6-10H2,1-2H3/b5-4-. The molecule has 1 unspecified atom stereocenters. The maximum absolute atomic E-state index is 11.8. The number of nitrogens with zero attached hydrogens (tertiary/aromatic N) is 1. The van der Waals surface area contributed by atoms with Gasteiger partial charge in [0, 0.05) is 12.8 Å². The summed E-state index contributed by atoms with van der Waals surface area (Å²) in [5.74, 6) is -1.42. The topological polar surface area (TPSA) is 67.2 Å². The molecule has 1 atom stereocenters. The molecule has 0 N–H and O–H groups in total. The van der Waals surface area contributed by atoms with Gasteiger partial charge >= 0.3 is 5.97 Å². The normalized spacial score (nSPS) is 12.1. The van der Waals surface area contributed by atoms with E-state index in [4.69, 9.17) is 5.26 Å². The van der Waals surface area contributed by atoms with E-state index in [1.807, 2.05) is 12.1 Å². The number of Topliss-reactive ketones (excluding diaryl/α,β-unsaturated/α-hetero) is 1. The molecular weight excluding hydrogens is 230 g/mol. The Morgan fingerprint density at radius 3 is 2.67 bits per heavy atom. The van der Waals surface area contributed by atoms with Crippen molar-refractivity contribution in [2.24, 2.45) is 5.92 Å². The van der Waals surface area contributed by atoms with Crippen molar-refractivity contribution in [2.45, 2.75) is 45.4 Å². The Hall–Kier alpha value is -1.63. The molecule has 0 aliphatic carbocycles. The first-order chi connectivity index (χ1) is 8.67. The second-order valence-electron chi connectivity index (χ2n) is 4.01. The third-order valence-electron chi connectivity index (χ3n) is 2.62. The molecule has 0 saturated carbocycles. The molecule has 4 nitrogen and oxygen atoms in total. The van der Waals surface area contributed by atoms with Crippen LogP contribution in [0.1, 0.15) is 45.4 Å². The molecule has 0 spiro atoms. The van der Waals surface area contributed by atoms with Gasteiger partial charge in [0.2, 0.25) is 0 Å². The van der Waals surface area contributed by atoms with Crippen LogP contribution >= 0.6 is 0 Å². The molecule has 4 heteroatoms. The minimum Gasteiger partial charge on any atom is -0.468 e. The average Bonchev–Trinajstić information content (AvgIpc) is 2.38. The highest BCUT2D eigenvalue weighted by molar-refractivity contribution is 5.98.